The molecule has 7 heteroatoms. The third-order valence-electron chi connectivity index (χ3n) is 3.87. The number of benzene rings is 1. The molecule has 1 fully saturated rings. The summed E-state index contributed by atoms with van der Waals surface area (Å²) < 4.78 is 5.36. The van der Waals surface area contributed by atoms with E-state index in [1.54, 1.807) is 24.3 Å². The molecule has 0 atom stereocenters. The lowest BCUT2D eigenvalue weighted by Gasteiger charge is -2.33. The number of piperazine rings is 1. The molecule has 1 aromatic carbocycles. The van der Waals surface area contributed by atoms with Gasteiger partial charge in [-0.1, -0.05) is 0 Å². The highest BCUT2D eigenvalue weighted by Gasteiger charge is 2.22. The van der Waals surface area contributed by atoms with Crippen LogP contribution in [0.2, 0.25) is 0 Å². The Morgan fingerprint density at radius 2 is 2.00 bits per heavy atom. The van der Waals surface area contributed by atoms with Crippen LogP contribution in [-0.4, -0.2) is 67.0 Å². The summed E-state index contributed by atoms with van der Waals surface area (Å²) in [5.41, 5.74) is 0.556. The van der Waals surface area contributed by atoms with Crippen LogP contribution in [0.1, 0.15) is 17.3 Å². The second-order valence-electron chi connectivity index (χ2n) is 5.43. The number of nitrogens with one attached hydrogen (secondary N) is 2. The van der Waals surface area contributed by atoms with E-state index < -0.39 is 0 Å². The molecule has 0 aliphatic carbocycles. The quantitative estimate of drug-likeness (QED) is 0.619. The third kappa shape index (κ3) is 5.16. The Morgan fingerprint density at radius 1 is 1.35 bits per heavy atom. The molecule has 0 saturated carbocycles. The molecule has 0 spiro atoms. The fourth-order valence-corrected chi connectivity index (χ4v) is 2.83. The summed E-state index contributed by atoms with van der Waals surface area (Å²) in [7, 11) is 0. The molecule has 1 saturated heterocycles. The van der Waals surface area contributed by atoms with E-state index in [2.05, 4.69) is 5.32 Å². The predicted octanol–water partition coefficient (Wildman–Crippen LogP) is -0.707. The van der Waals surface area contributed by atoms with Crippen molar-refractivity contribution < 1.29 is 19.5 Å². The topological polar surface area (TPSA) is 66.2 Å². The van der Waals surface area contributed by atoms with Crippen LogP contribution in [-0.2, 0) is 0 Å². The molecular weight excluding hydrogens is 314 g/mol. The molecule has 23 heavy (non-hydrogen) atoms. The number of rotatable bonds is 5. The molecule has 0 aromatic heterocycles. The number of nitrogens with zero attached hydrogens (tertiary/aromatic N) is 1. The Kier molecular flexibility index (Phi) is 6.76. The van der Waals surface area contributed by atoms with Crippen LogP contribution in [0.15, 0.2) is 24.3 Å². The van der Waals surface area contributed by atoms with Gasteiger partial charge >= 0.3 is 0 Å². The molecular formula is C16H24N3O3S+. The zero-order chi connectivity index (χ0) is 16.7. The molecule has 0 radical (unpaired) electrons. The minimum absolute atomic E-state index is 0.203. The molecule has 1 amide bonds. The van der Waals surface area contributed by atoms with Gasteiger partial charge in [-0.15, -0.1) is 0 Å². The number of hydrogen-bond donors (Lipinski definition) is 3. The molecule has 126 valence electrons. The van der Waals surface area contributed by atoms with E-state index in [1.165, 1.54) is 4.90 Å². The molecule has 1 aromatic rings. The zero-order valence-electron chi connectivity index (χ0n) is 13.4. The summed E-state index contributed by atoms with van der Waals surface area (Å²) in [6.45, 7) is 6.89. The van der Waals surface area contributed by atoms with Gasteiger partial charge in [-0.3, -0.25) is 10.1 Å². The lowest BCUT2D eigenvalue weighted by molar-refractivity contribution is -0.904. The smallest absolute Gasteiger partial charge is 0.257 e. The fourth-order valence-electron chi connectivity index (χ4n) is 2.55. The van der Waals surface area contributed by atoms with Crippen molar-refractivity contribution in [3.8, 4) is 5.75 Å². The van der Waals surface area contributed by atoms with Gasteiger partial charge in [-0.05, 0) is 43.4 Å². The van der Waals surface area contributed by atoms with Gasteiger partial charge in [0.25, 0.3) is 5.91 Å². The maximum Gasteiger partial charge on any atom is 0.257 e. The maximum absolute atomic E-state index is 12.2. The van der Waals surface area contributed by atoms with Gasteiger partial charge < -0.3 is 19.6 Å². The van der Waals surface area contributed by atoms with Crippen molar-refractivity contribution in [1.29, 1.82) is 0 Å². The molecule has 1 aliphatic rings. The highest BCUT2D eigenvalue weighted by molar-refractivity contribution is 7.80. The average molecular weight is 338 g/mol. The van der Waals surface area contributed by atoms with Crippen LogP contribution < -0.4 is 15.0 Å². The molecule has 0 bridgehead atoms. The van der Waals surface area contributed by atoms with Gasteiger partial charge in [0.1, 0.15) is 12.3 Å². The highest BCUT2D eigenvalue weighted by atomic mass is 32.1. The van der Waals surface area contributed by atoms with Crippen molar-refractivity contribution in [2.75, 3.05) is 45.9 Å². The minimum atomic E-state index is -0.205. The first-order valence-corrected chi connectivity index (χ1v) is 8.32. The lowest BCUT2D eigenvalue weighted by atomic mass is 10.2. The Balaban J connectivity index is 1.84. The van der Waals surface area contributed by atoms with Crippen molar-refractivity contribution in [3.05, 3.63) is 29.8 Å². The number of amides is 1. The Bertz CT molecular complexity index is 528. The molecule has 2 rings (SSSR count). The van der Waals surface area contributed by atoms with E-state index >= 15 is 0 Å². The summed E-state index contributed by atoms with van der Waals surface area (Å²) in [6, 6.07) is 7.01. The van der Waals surface area contributed by atoms with Crippen LogP contribution in [0.25, 0.3) is 0 Å². The van der Waals surface area contributed by atoms with Gasteiger partial charge in [-0.25, -0.2) is 0 Å². The number of aliphatic hydroxyl groups is 1. The summed E-state index contributed by atoms with van der Waals surface area (Å²) in [4.78, 5) is 15.6. The molecule has 3 N–H and O–H groups in total. The summed E-state index contributed by atoms with van der Waals surface area (Å²) in [6.07, 6.45) is 0. The number of aliphatic hydroxyl groups excluding tert-OH is 1. The predicted molar refractivity (Wildman–Crippen MR) is 91.9 cm³/mol. The van der Waals surface area contributed by atoms with Gasteiger partial charge in [0.05, 0.1) is 39.4 Å². The van der Waals surface area contributed by atoms with E-state index in [0.717, 1.165) is 38.5 Å². The molecule has 1 heterocycles. The minimum Gasteiger partial charge on any atom is -0.494 e. The molecule has 0 unspecified atom stereocenters. The first-order chi connectivity index (χ1) is 11.1. The van der Waals surface area contributed by atoms with Crippen molar-refractivity contribution >= 4 is 23.2 Å². The SMILES string of the molecule is CCOc1ccc(C(=O)NC(=S)N2CC[NH+](CCO)CC2)cc1. The summed E-state index contributed by atoms with van der Waals surface area (Å²) in [5, 5.41) is 12.2. The Morgan fingerprint density at radius 3 is 2.57 bits per heavy atom. The van der Waals surface area contributed by atoms with E-state index in [-0.39, 0.29) is 12.5 Å². The zero-order valence-corrected chi connectivity index (χ0v) is 14.2. The van der Waals surface area contributed by atoms with Crippen LogP contribution in [0.3, 0.4) is 0 Å². The van der Waals surface area contributed by atoms with Crippen molar-refractivity contribution in [1.82, 2.24) is 10.2 Å². The normalized spacial score (nSPS) is 15.3. The fraction of sp³-hybridized carbons (Fsp3) is 0.500. The van der Waals surface area contributed by atoms with Gasteiger partial charge in [0.15, 0.2) is 5.11 Å². The Hall–Kier alpha value is -1.70. The first-order valence-electron chi connectivity index (χ1n) is 7.91. The van der Waals surface area contributed by atoms with E-state index in [9.17, 15) is 4.79 Å². The second-order valence-corrected chi connectivity index (χ2v) is 5.81. The lowest BCUT2D eigenvalue weighted by Crippen LogP contribution is -3.15. The van der Waals surface area contributed by atoms with Crippen molar-refractivity contribution in [3.63, 3.8) is 0 Å². The van der Waals surface area contributed by atoms with Gasteiger partial charge in [0.2, 0.25) is 0 Å². The number of carbonyl (C=O) groups is 1. The average Bonchev–Trinajstić information content (AvgIpc) is 2.56. The van der Waals surface area contributed by atoms with Crippen molar-refractivity contribution in [2.45, 2.75) is 6.92 Å². The van der Waals surface area contributed by atoms with Crippen LogP contribution >= 0.6 is 12.2 Å². The number of carbonyl (C=O) groups excluding carboxylic acids is 1. The first kappa shape index (κ1) is 17.7. The Labute approximate surface area is 142 Å². The standard InChI is InChI=1S/C16H23N3O3S/c1-2-22-14-5-3-13(4-6-14)15(21)17-16(23)19-9-7-18(8-10-19)11-12-20/h3-6,20H,2,7-12H2,1H3,(H,17,21,23)/p+1. The summed E-state index contributed by atoms with van der Waals surface area (Å²) in [5.74, 6) is 0.540. The van der Waals surface area contributed by atoms with Crippen LogP contribution in [0, 0.1) is 0 Å². The van der Waals surface area contributed by atoms with Crippen LogP contribution in [0.5, 0.6) is 5.75 Å². The second kappa shape index (κ2) is 8.81. The van der Waals surface area contributed by atoms with Crippen LogP contribution in [0.4, 0.5) is 0 Å². The summed E-state index contributed by atoms with van der Waals surface area (Å²) >= 11 is 5.33. The molecule has 6 nitrogen and oxygen atoms in total. The number of hydrogen-bond acceptors (Lipinski definition) is 4. The largest absolute Gasteiger partial charge is 0.494 e. The van der Waals surface area contributed by atoms with E-state index in [4.69, 9.17) is 22.1 Å². The molecule has 1 aliphatic heterocycles. The highest BCUT2D eigenvalue weighted by Crippen LogP contribution is 2.12. The van der Waals surface area contributed by atoms with E-state index in [0.29, 0.717) is 17.3 Å². The maximum atomic E-state index is 12.2. The monoisotopic (exact) mass is 338 g/mol. The van der Waals surface area contributed by atoms with Gasteiger partial charge in [0, 0.05) is 5.56 Å². The van der Waals surface area contributed by atoms with Crippen molar-refractivity contribution in [2.24, 2.45) is 0 Å². The number of quaternary nitrogens is 1. The number of thiocarbonyl (C=S) groups is 1. The van der Waals surface area contributed by atoms with Gasteiger partial charge in [-0.2, -0.15) is 0 Å². The third-order valence-corrected chi connectivity index (χ3v) is 4.23. The number of ether oxygens (including phenoxy) is 1. The van der Waals surface area contributed by atoms with E-state index in [1.807, 2.05) is 11.8 Å².